The number of nitrogens with one attached hydrogen (secondary N) is 1. The van der Waals surface area contributed by atoms with Crippen molar-refractivity contribution in [3.05, 3.63) is 21.8 Å². The molecule has 0 aliphatic carbocycles. The number of nitrogens with two attached hydrogens (primary N) is 1. The molecule has 1 rings (SSSR count). The molecular formula is C14H19BrN4O5. The van der Waals surface area contributed by atoms with Gasteiger partial charge in [-0.1, -0.05) is 0 Å². The van der Waals surface area contributed by atoms with Crippen LogP contribution in [0.4, 0.5) is 10.6 Å². The van der Waals surface area contributed by atoms with Crippen molar-refractivity contribution in [3.8, 4) is 0 Å². The summed E-state index contributed by atoms with van der Waals surface area (Å²) in [6, 6.07) is 1.26. The molecule has 24 heavy (non-hydrogen) atoms. The first-order valence-corrected chi connectivity index (χ1v) is 7.63. The Labute approximate surface area is 147 Å². The summed E-state index contributed by atoms with van der Waals surface area (Å²) in [6.45, 7) is 4.22. The molecule has 2 amide bonds. The lowest BCUT2D eigenvalue weighted by atomic mass is 10.0. The highest BCUT2D eigenvalue weighted by Gasteiger charge is 2.29. The van der Waals surface area contributed by atoms with Crippen LogP contribution < -0.4 is 16.2 Å². The molecule has 1 aromatic rings. The number of ether oxygens (including phenoxy) is 1. The monoisotopic (exact) mass is 402 g/mol. The molecule has 9 nitrogen and oxygen atoms in total. The lowest BCUT2D eigenvalue weighted by molar-refractivity contribution is 0.0587. The van der Waals surface area contributed by atoms with Gasteiger partial charge in [-0.2, -0.15) is 0 Å². The number of halogens is 1. The number of carbonyl (C=O) groups excluding carboxylic acids is 3. The zero-order chi connectivity index (χ0) is 18.7. The van der Waals surface area contributed by atoms with E-state index in [4.69, 9.17) is 15.7 Å². The van der Waals surface area contributed by atoms with E-state index in [9.17, 15) is 14.4 Å². The first-order valence-electron chi connectivity index (χ1n) is 6.84. The zero-order valence-electron chi connectivity index (χ0n) is 13.7. The van der Waals surface area contributed by atoms with Crippen molar-refractivity contribution in [1.82, 2.24) is 10.4 Å². The molecule has 0 unspecified atom stereocenters. The van der Waals surface area contributed by atoms with Gasteiger partial charge in [-0.3, -0.25) is 19.9 Å². The van der Waals surface area contributed by atoms with Crippen molar-refractivity contribution < 1.29 is 24.2 Å². The number of hydrogen-bond acceptors (Lipinski definition) is 7. The fourth-order valence-electron chi connectivity index (χ4n) is 1.76. The number of nitrogen functional groups attached to an aromatic ring is 1. The summed E-state index contributed by atoms with van der Waals surface area (Å²) in [5.74, 6) is 3.45. The van der Waals surface area contributed by atoms with E-state index in [2.05, 4.69) is 20.9 Å². The van der Waals surface area contributed by atoms with Crippen molar-refractivity contribution in [2.45, 2.75) is 26.4 Å². The number of rotatable bonds is 4. The van der Waals surface area contributed by atoms with Crippen LogP contribution in [0.15, 0.2) is 10.7 Å². The van der Waals surface area contributed by atoms with Gasteiger partial charge >= 0.3 is 6.09 Å². The first-order chi connectivity index (χ1) is 11.0. The number of Topliss-reactive ketones (excluding diaryl/α,β-unsaturated/α-hetero) is 1. The van der Waals surface area contributed by atoms with Crippen LogP contribution in [0.5, 0.6) is 0 Å². The second-order valence-electron chi connectivity index (χ2n) is 5.79. The summed E-state index contributed by atoms with van der Waals surface area (Å²) in [5.41, 5.74) is 0.755. The van der Waals surface area contributed by atoms with E-state index in [1.54, 1.807) is 20.8 Å². The van der Waals surface area contributed by atoms with Crippen molar-refractivity contribution in [2.24, 2.45) is 5.84 Å². The molecule has 0 aliphatic rings. The van der Waals surface area contributed by atoms with Crippen molar-refractivity contribution >= 4 is 39.5 Å². The topological polar surface area (TPSA) is 135 Å². The van der Waals surface area contributed by atoms with Gasteiger partial charge in [-0.15, -0.1) is 0 Å². The highest BCUT2D eigenvalue weighted by Crippen LogP contribution is 2.26. The SMILES string of the molecule is CN(C(=O)OC(C)(C)C)c1nc(Br)cc(C(=O)CO)c1C(=O)NN. The molecule has 0 saturated heterocycles. The number of aliphatic hydroxyl groups excluding tert-OH is 1. The van der Waals surface area contributed by atoms with E-state index in [0.717, 1.165) is 4.90 Å². The van der Waals surface area contributed by atoms with E-state index in [1.165, 1.54) is 13.1 Å². The molecule has 0 bridgehead atoms. The van der Waals surface area contributed by atoms with Gasteiger partial charge in [-0.25, -0.2) is 15.6 Å². The molecule has 0 fully saturated rings. The molecule has 0 aliphatic heterocycles. The number of carbonyl (C=O) groups is 3. The predicted molar refractivity (Wildman–Crippen MR) is 89.6 cm³/mol. The largest absolute Gasteiger partial charge is 0.443 e. The van der Waals surface area contributed by atoms with Crippen molar-refractivity contribution in [1.29, 1.82) is 0 Å². The van der Waals surface area contributed by atoms with Crippen LogP contribution in [0.3, 0.4) is 0 Å². The number of hydrazine groups is 1. The summed E-state index contributed by atoms with van der Waals surface area (Å²) >= 11 is 3.11. The Morgan fingerprint density at radius 3 is 2.46 bits per heavy atom. The third kappa shape index (κ3) is 4.73. The molecule has 1 heterocycles. The van der Waals surface area contributed by atoms with E-state index in [0.29, 0.717) is 0 Å². The number of anilines is 1. The number of hydrogen-bond donors (Lipinski definition) is 3. The van der Waals surface area contributed by atoms with Gasteiger partial charge < -0.3 is 9.84 Å². The fraction of sp³-hybridized carbons (Fsp3) is 0.429. The summed E-state index contributed by atoms with van der Waals surface area (Å²) in [7, 11) is 1.34. The van der Waals surface area contributed by atoms with E-state index < -0.39 is 30.0 Å². The summed E-state index contributed by atoms with van der Waals surface area (Å²) in [4.78, 5) is 41.3. The Morgan fingerprint density at radius 1 is 1.42 bits per heavy atom. The molecule has 0 aromatic carbocycles. The minimum absolute atomic E-state index is 0.132. The van der Waals surface area contributed by atoms with E-state index in [-0.39, 0.29) is 21.5 Å². The van der Waals surface area contributed by atoms with Gasteiger partial charge in [0.25, 0.3) is 5.91 Å². The van der Waals surface area contributed by atoms with Gasteiger partial charge in [-0.05, 0) is 42.8 Å². The van der Waals surface area contributed by atoms with Crippen LogP contribution in [0, 0.1) is 0 Å². The first kappa shape index (κ1) is 20.0. The van der Waals surface area contributed by atoms with Crippen LogP contribution in [0.1, 0.15) is 41.5 Å². The Balaban J connectivity index is 3.50. The van der Waals surface area contributed by atoms with Gasteiger partial charge in [0.05, 0.1) is 5.56 Å². The number of pyridine rings is 1. The molecule has 0 spiro atoms. The predicted octanol–water partition coefficient (Wildman–Crippen LogP) is 0.994. The molecular weight excluding hydrogens is 384 g/mol. The second-order valence-corrected chi connectivity index (χ2v) is 6.60. The standard InChI is InChI=1S/C14H19BrN4O5/c1-14(2,3)24-13(23)19(4)11-10(12(22)18-16)7(8(21)6-20)5-9(15)17-11/h5,20H,6,16H2,1-4H3,(H,18,22). The minimum Gasteiger partial charge on any atom is -0.443 e. The maximum atomic E-state index is 12.2. The smallest absolute Gasteiger partial charge is 0.415 e. The maximum absolute atomic E-state index is 12.2. The molecule has 4 N–H and O–H groups in total. The summed E-state index contributed by atoms with van der Waals surface area (Å²) in [5, 5.41) is 9.10. The Morgan fingerprint density at radius 2 is 2.00 bits per heavy atom. The quantitative estimate of drug-likeness (QED) is 0.224. The van der Waals surface area contributed by atoms with E-state index in [1.807, 2.05) is 5.43 Å². The molecule has 0 radical (unpaired) electrons. The molecule has 132 valence electrons. The minimum atomic E-state index is -0.836. The Kier molecular flexibility index (Phi) is 6.41. The summed E-state index contributed by atoms with van der Waals surface area (Å²) < 4.78 is 5.42. The molecule has 0 saturated carbocycles. The van der Waals surface area contributed by atoms with E-state index >= 15 is 0 Å². The van der Waals surface area contributed by atoms with Gasteiger partial charge in [0.2, 0.25) is 0 Å². The Hall–Kier alpha value is -2.04. The number of nitrogens with zero attached hydrogens (tertiary/aromatic N) is 2. The number of ketones is 1. The number of aliphatic hydroxyl groups is 1. The zero-order valence-corrected chi connectivity index (χ0v) is 15.3. The summed E-state index contributed by atoms with van der Waals surface area (Å²) in [6.07, 6.45) is -0.776. The molecule has 0 atom stereocenters. The maximum Gasteiger partial charge on any atom is 0.415 e. The lowest BCUT2D eigenvalue weighted by Crippen LogP contribution is -2.38. The Bertz CT molecular complexity index is 672. The number of aromatic nitrogens is 1. The average Bonchev–Trinajstić information content (AvgIpc) is 2.49. The van der Waals surface area contributed by atoms with Crippen LogP contribution in [0.2, 0.25) is 0 Å². The fourth-order valence-corrected chi connectivity index (χ4v) is 2.16. The normalized spacial score (nSPS) is 11.0. The molecule has 1 aromatic heterocycles. The van der Waals surface area contributed by atoms with Crippen LogP contribution in [-0.2, 0) is 4.74 Å². The van der Waals surface area contributed by atoms with Crippen molar-refractivity contribution in [2.75, 3.05) is 18.6 Å². The third-order valence-corrected chi connectivity index (χ3v) is 3.16. The average molecular weight is 403 g/mol. The van der Waals surface area contributed by atoms with Gasteiger partial charge in [0.15, 0.2) is 11.6 Å². The second kappa shape index (κ2) is 7.69. The van der Waals surface area contributed by atoms with Crippen LogP contribution >= 0.6 is 15.9 Å². The number of amides is 2. The van der Waals surface area contributed by atoms with Crippen LogP contribution in [-0.4, -0.2) is 47.1 Å². The van der Waals surface area contributed by atoms with Gasteiger partial charge in [0.1, 0.15) is 16.8 Å². The van der Waals surface area contributed by atoms with Crippen molar-refractivity contribution in [3.63, 3.8) is 0 Å². The highest BCUT2D eigenvalue weighted by atomic mass is 79.9. The van der Waals surface area contributed by atoms with Crippen LogP contribution in [0.25, 0.3) is 0 Å². The molecule has 10 heteroatoms. The highest BCUT2D eigenvalue weighted by molar-refractivity contribution is 9.10. The lowest BCUT2D eigenvalue weighted by Gasteiger charge is -2.25. The van der Waals surface area contributed by atoms with Gasteiger partial charge in [0, 0.05) is 12.6 Å². The third-order valence-electron chi connectivity index (χ3n) is 2.76.